The fourth-order valence-corrected chi connectivity index (χ4v) is 2.36. The van der Waals surface area contributed by atoms with Crippen molar-refractivity contribution in [3.63, 3.8) is 0 Å². The molecule has 0 saturated carbocycles. The molecule has 88 valence electrons. The topological polar surface area (TPSA) is 28.2 Å². The van der Waals surface area contributed by atoms with Gasteiger partial charge in [0.2, 0.25) is 0 Å². The molecule has 1 aliphatic rings. The molecule has 1 N–H and O–H groups in total. The minimum absolute atomic E-state index is 1.07. The number of nitrogens with zero attached hydrogens (tertiary/aromatic N) is 2. The molecule has 17 heavy (non-hydrogen) atoms. The Hall–Kier alpha value is -1.61. The molecule has 1 aliphatic heterocycles. The number of hydrogen-bond donors (Lipinski definition) is 1. The number of rotatable bonds is 1. The Morgan fingerprint density at radius 1 is 1.12 bits per heavy atom. The first-order valence-electron chi connectivity index (χ1n) is 6.24. The quantitative estimate of drug-likeness (QED) is 0.808. The fraction of sp³-hybridized carbons (Fsp3) is 0.357. The van der Waals surface area contributed by atoms with Crippen LogP contribution in [-0.4, -0.2) is 31.2 Å². The van der Waals surface area contributed by atoms with Crippen LogP contribution >= 0.6 is 0 Å². The molecule has 3 nitrogen and oxygen atoms in total. The predicted octanol–water partition coefficient (Wildman–Crippen LogP) is 2.03. The Kier molecular flexibility index (Phi) is 2.92. The van der Waals surface area contributed by atoms with Crippen LogP contribution in [0.4, 0.5) is 5.69 Å². The minimum Gasteiger partial charge on any atom is -0.370 e. The molecule has 0 atom stereocenters. The van der Waals surface area contributed by atoms with Gasteiger partial charge in [-0.2, -0.15) is 0 Å². The lowest BCUT2D eigenvalue weighted by atomic mass is 10.2. The molecule has 1 saturated heterocycles. The van der Waals surface area contributed by atoms with Crippen LogP contribution in [0.5, 0.6) is 0 Å². The highest BCUT2D eigenvalue weighted by Crippen LogP contribution is 2.20. The normalized spacial score (nSPS) is 17.1. The molecule has 3 heteroatoms. The van der Waals surface area contributed by atoms with Crippen molar-refractivity contribution in [2.24, 2.45) is 0 Å². The molecule has 0 radical (unpaired) electrons. The number of pyridine rings is 1. The maximum atomic E-state index is 4.42. The molecule has 0 aliphatic carbocycles. The van der Waals surface area contributed by atoms with Gasteiger partial charge in [0, 0.05) is 36.9 Å². The number of fused-ring (bicyclic) bond motifs is 1. The van der Waals surface area contributed by atoms with Crippen molar-refractivity contribution in [3.05, 3.63) is 36.5 Å². The zero-order chi connectivity index (χ0) is 11.5. The zero-order valence-corrected chi connectivity index (χ0v) is 9.89. The average molecular weight is 227 g/mol. The zero-order valence-electron chi connectivity index (χ0n) is 9.89. The highest BCUT2D eigenvalue weighted by Gasteiger charge is 2.09. The minimum atomic E-state index is 1.07. The van der Waals surface area contributed by atoms with Crippen molar-refractivity contribution < 1.29 is 0 Å². The molecule has 2 aromatic rings. The summed E-state index contributed by atoms with van der Waals surface area (Å²) in [6.45, 7) is 4.41. The Balaban J connectivity index is 1.93. The Labute approximate surface area is 101 Å². The predicted molar refractivity (Wildman–Crippen MR) is 71.4 cm³/mol. The first kappa shape index (κ1) is 10.5. The summed E-state index contributed by atoms with van der Waals surface area (Å²) < 4.78 is 0. The highest BCUT2D eigenvalue weighted by molar-refractivity contribution is 5.82. The van der Waals surface area contributed by atoms with Crippen molar-refractivity contribution >= 4 is 16.6 Å². The second kappa shape index (κ2) is 4.72. The van der Waals surface area contributed by atoms with Gasteiger partial charge in [-0.3, -0.25) is 4.98 Å². The Morgan fingerprint density at radius 2 is 2.12 bits per heavy atom. The van der Waals surface area contributed by atoms with E-state index in [2.05, 4.69) is 39.5 Å². The molecule has 1 fully saturated rings. The highest BCUT2D eigenvalue weighted by atomic mass is 15.2. The van der Waals surface area contributed by atoms with E-state index < -0.39 is 0 Å². The number of nitrogens with one attached hydrogen (secondary N) is 1. The summed E-state index contributed by atoms with van der Waals surface area (Å²) in [5.74, 6) is 0. The van der Waals surface area contributed by atoms with Gasteiger partial charge in [0.1, 0.15) is 0 Å². The van der Waals surface area contributed by atoms with E-state index in [9.17, 15) is 0 Å². The second-order valence-electron chi connectivity index (χ2n) is 4.47. The molecular formula is C14H17N3. The first-order valence-corrected chi connectivity index (χ1v) is 6.24. The van der Waals surface area contributed by atoms with Crippen LogP contribution in [0.1, 0.15) is 6.42 Å². The largest absolute Gasteiger partial charge is 0.370 e. The third kappa shape index (κ3) is 2.24. The third-order valence-electron chi connectivity index (χ3n) is 3.29. The molecule has 1 aromatic heterocycles. The molecule has 0 spiro atoms. The van der Waals surface area contributed by atoms with Crippen molar-refractivity contribution in [1.82, 2.24) is 10.3 Å². The first-order chi connectivity index (χ1) is 8.43. The maximum absolute atomic E-state index is 4.42. The van der Waals surface area contributed by atoms with Crippen molar-refractivity contribution in [3.8, 4) is 0 Å². The van der Waals surface area contributed by atoms with Gasteiger partial charge in [-0.05, 0) is 31.2 Å². The summed E-state index contributed by atoms with van der Waals surface area (Å²) in [4.78, 5) is 6.86. The molecule has 2 heterocycles. The van der Waals surface area contributed by atoms with Gasteiger partial charge >= 0.3 is 0 Å². The third-order valence-corrected chi connectivity index (χ3v) is 3.29. The van der Waals surface area contributed by atoms with Gasteiger partial charge in [0.05, 0.1) is 5.52 Å². The molecule has 1 aromatic carbocycles. The van der Waals surface area contributed by atoms with E-state index in [1.54, 1.807) is 0 Å². The molecule has 0 amide bonds. The standard InChI is InChI=1S/C14H17N3/c1-3-12-4-5-13(11-14(12)16-7-1)17-9-2-6-15-8-10-17/h1,3-5,7,11,15H,2,6,8-10H2. The molecule has 0 unspecified atom stereocenters. The summed E-state index contributed by atoms with van der Waals surface area (Å²) in [6, 6.07) is 10.7. The van der Waals surface area contributed by atoms with Gasteiger partial charge in [-0.25, -0.2) is 0 Å². The van der Waals surface area contributed by atoms with Crippen LogP contribution in [0.15, 0.2) is 36.5 Å². The summed E-state index contributed by atoms with van der Waals surface area (Å²) >= 11 is 0. The number of benzene rings is 1. The summed E-state index contributed by atoms with van der Waals surface area (Å²) in [6.07, 6.45) is 3.07. The summed E-state index contributed by atoms with van der Waals surface area (Å²) in [5, 5.41) is 4.64. The van der Waals surface area contributed by atoms with Crippen molar-refractivity contribution in [1.29, 1.82) is 0 Å². The van der Waals surface area contributed by atoms with E-state index in [-0.39, 0.29) is 0 Å². The summed E-state index contributed by atoms with van der Waals surface area (Å²) in [5.41, 5.74) is 2.38. The average Bonchev–Trinajstić information content (AvgIpc) is 2.67. The van der Waals surface area contributed by atoms with Crippen molar-refractivity contribution in [2.75, 3.05) is 31.1 Å². The molecule has 3 rings (SSSR count). The monoisotopic (exact) mass is 227 g/mol. The molecule has 0 bridgehead atoms. The second-order valence-corrected chi connectivity index (χ2v) is 4.47. The van der Waals surface area contributed by atoms with Gasteiger partial charge in [-0.15, -0.1) is 0 Å². The fourth-order valence-electron chi connectivity index (χ4n) is 2.36. The van der Waals surface area contributed by atoms with Gasteiger partial charge in [0.25, 0.3) is 0 Å². The van der Waals surface area contributed by atoms with E-state index in [4.69, 9.17) is 0 Å². The van der Waals surface area contributed by atoms with Crippen LogP contribution in [-0.2, 0) is 0 Å². The molecular weight excluding hydrogens is 210 g/mol. The lowest BCUT2D eigenvalue weighted by Gasteiger charge is -2.22. The van der Waals surface area contributed by atoms with E-state index in [0.29, 0.717) is 0 Å². The van der Waals surface area contributed by atoms with Gasteiger partial charge in [-0.1, -0.05) is 12.1 Å². The number of hydrogen-bond acceptors (Lipinski definition) is 3. The van der Waals surface area contributed by atoms with E-state index in [1.165, 1.54) is 17.5 Å². The smallest absolute Gasteiger partial charge is 0.0722 e. The summed E-state index contributed by atoms with van der Waals surface area (Å²) in [7, 11) is 0. The maximum Gasteiger partial charge on any atom is 0.0722 e. The van der Waals surface area contributed by atoms with E-state index >= 15 is 0 Å². The van der Waals surface area contributed by atoms with Crippen LogP contribution < -0.4 is 10.2 Å². The van der Waals surface area contributed by atoms with Gasteiger partial charge < -0.3 is 10.2 Å². The van der Waals surface area contributed by atoms with Crippen LogP contribution in [0.2, 0.25) is 0 Å². The van der Waals surface area contributed by atoms with Crippen LogP contribution in [0.25, 0.3) is 10.9 Å². The Bertz CT molecular complexity index is 502. The SMILES string of the molecule is c1cnc2cc(N3CCCNCC3)ccc2c1. The van der Waals surface area contributed by atoms with Crippen LogP contribution in [0, 0.1) is 0 Å². The lowest BCUT2D eigenvalue weighted by molar-refractivity contribution is 0.724. The number of anilines is 1. The van der Waals surface area contributed by atoms with Crippen molar-refractivity contribution in [2.45, 2.75) is 6.42 Å². The van der Waals surface area contributed by atoms with Gasteiger partial charge in [0.15, 0.2) is 0 Å². The van der Waals surface area contributed by atoms with Crippen LogP contribution in [0.3, 0.4) is 0 Å². The van der Waals surface area contributed by atoms with E-state index in [1.807, 2.05) is 12.3 Å². The number of aromatic nitrogens is 1. The van der Waals surface area contributed by atoms with E-state index in [0.717, 1.165) is 31.7 Å². The lowest BCUT2D eigenvalue weighted by Crippen LogP contribution is -2.27. The Morgan fingerprint density at radius 3 is 3.12 bits per heavy atom.